The lowest BCUT2D eigenvalue weighted by atomic mass is 9.99. The van der Waals surface area contributed by atoms with E-state index in [0.717, 1.165) is 47.9 Å². The Bertz CT molecular complexity index is 1310. The van der Waals surface area contributed by atoms with Gasteiger partial charge in [0.2, 0.25) is 5.91 Å². The van der Waals surface area contributed by atoms with Gasteiger partial charge in [-0.25, -0.2) is 0 Å². The smallest absolute Gasteiger partial charge is 0.227 e. The summed E-state index contributed by atoms with van der Waals surface area (Å²) in [5, 5.41) is 0.773. The van der Waals surface area contributed by atoms with Crippen molar-refractivity contribution in [2.24, 2.45) is 0 Å². The van der Waals surface area contributed by atoms with Gasteiger partial charge in [-0.05, 0) is 41.3 Å². The molecule has 4 heteroatoms. The summed E-state index contributed by atoms with van der Waals surface area (Å²) in [5.74, 6) is 0.189. The summed E-state index contributed by atoms with van der Waals surface area (Å²) in [6, 6.07) is 35.3. The van der Waals surface area contributed by atoms with Crippen molar-refractivity contribution in [3.63, 3.8) is 0 Å². The van der Waals surface area contributed by atoms with Crippen LogP contribution in [-0.4, -0.2) is 35.3 Å². The third-order valence-corrected chi connectivity index (χ3v) is 7.29. The minimum absolute atomic E-state index is 0.0431. The molecule has 182 valence electrons. The molecule has 5 rings (SSSR count). The Labute approximate surface area is 219 Å². The van der Waals surface area contributed by atoms with Gasteiger partial charge in [0.25, 0.3) is 0 Å². The lowest BCUT2D eigenvalue weighted by Gasteiger charge is -2.42. The van der Waals surface area contributed by atoms with E-state index >= 15 is 0 Å². The van der Waals surface area contributed by atoms with Crippen molar-refractivity contribution in [3.05, 3.63) is 130 Å². The van der Waals surface area contributed by atoms with E-state index in [0.29, 0.717) is 6.42 Å². The van der Waals surface area contributed by atoms with Gasteiger partial charge in [0.15, 0.2) is 0 Å². The Balaban J connectivity index is 1.30. The molecule has 0 aliphatic carbocycles. The van der Waals surface area contributed by atoms with Crippen molar-refractivity contribution in [2.75, 3.05) is 19.6 Å². The van der Waals surface area contributed by atoms with Gasteiger partial charge in [-0.3, -0.25) is 9.69 Å². The van der Waals surface area contributed by atoms with Gasteiger partial charge < -0.3 is 4.90 Å². The van der Waals surface area contributed by atoms with Crippen LogP contribution < -0.4 is 0 Å². The largest absolute Gasteiger partial charge is 0.333 e. The molecule has 4 aromatic carbocycles. The number of hydrogen-bond donors (Lipinski definition) is 0. The second kappa shape index (κ2) is 11.1. The zero-order valence-corrected chi connectivity index (χ0v) is 21.4. The average molecular weight is 495 g/mol. The SMILES string of the molecule is Cc1ccc(Cl)c(-c2ccc(CN3CCN(C(=O)Cc4ccccc4)C(c4ccccc4)C3)cc2)c1. The van der Waals surface area contributed by atoms with Gasteiger partial charge in [-0.2, -0.15) is 0 Å². The zero-order chi connectivity index (χ0) is 24.9. The Morgan fingerprint density at radius 3 is 2.25 bits per heavy atom. The topological polar surface area (TPSA) is 23.6 Å². The van der Waals surface area contributed by atoms with Crippen LogP contribution in [0.4, 0.5) is 0 Å². The third kappa shape index (κ3) is 5.70. The molecule has 0 radical (unpaired) electrons. The molecule has 0 N–H and O–H groups in total. The molecular weight excluding hydrogens is 464 g/mol. The minimum atomic E-state index is 0.0431. The number of aryl methyl sites for hydroxylation is 1. The first-order chi connectivity index (χ1) is 17.6. The molecule has 1 fully saturated rings. The van der Waals surface area contributed by atoms with Gasteiger partial charge >= 0.3 is 0 Å². The molecule has 4 aromatic rings. The predicted octanol–water partition coefficient (Wildman–Crippen LogP) is 6.94. The Morgan fingerprint density at radius 1 is 0.833 bits per heavy atom. The number of carbonyl (C=O) groups is 1. The van der Waals surface area contributed by atoms with Crippen LogP contribution >= 0.6 is 11.6 Å². The first kappa shape index (κ1) is 24.3. The fourth-order valence-electron chi connectivity index (χ4n) is 5.02. The van der Waals surface area contributed by atoms with Gasteiger partial charge in [0, 0.05) is 36.8 Å². The van der Waals surface area contributed by atoms with Gasteiger partial charge in [0.05, 0.1) is 12.5 Å². The molecule has 1 unspecified atom stereocenters. The number of piperazine rings is 1. The first-order valence-corrected chi connectivity index (χ1v) is 12.9. The molecule has 1 aliphatic rings. The highest BCUT2D eigenvalue weighted by Crippen LogP contribution is 2.30. The van der Waals surface area contributed by atoms with Crippen LogP contribution in [0.1, 0.15) is 28.3 Å². The molecule has 0 spiro atoms. The molecule has 0 bridgehead atoms. The summed E-state index contributed by atoms with van der Waals surface area (Å²) in [6.07, 6.45) is 0.438. The van der Waals surface area contributed by atoms with Crippen molar-refractivity contribution < 1.29 is 4.79 Å². The summed E-state index contributed by atoms with van der Waals surface area (Å²) in [5.41, 5.74) is 6.91. The van der Waals surface area contributed by atoms with E-state index in [2.05, 4.69) is 71.3 Å². The molecule has 1 heterocycles. The summed E-state index contributed by atoms with van der Waals surface area (Å²) in [6.45, 7) is 5.33. The zero-order valence-electron chi connectivity index (χ0n) is 20.6. The normalized spacial score (nSPS) is 16.2. The minimum Gasteiger partial charge on any atom is -0.333 e. The number of benzene rings is 4. The molecule has 1 atom stereocenters. The van der Waals surface area contributed by atoms with Crippen molar-refractivity contribution in [1.82, 2.24) is 9.80 Å². The second-order valence-corrected chi connectivity index (χ2v) is 10.00. The molecule has 1 saturated heterocycles. The fourth-order valence-corrected chi connectivity index (χ4v) is 5.25. The summed E-state index contributed by atoms with van der Waals surface area (Å²) in [7, 11) is 0. The van der Waals surface area contributed by atoms with E-state index in [4.69, 9.17) is 11.6 Å². The number of halogens is 1. The van der Waals surface area contributed by atoms with Crippen molar-refractivity contribution >= 4 is 17.5 Å². The van der Waals surface area contributed by atoms with Crippen LogP contribution in [0, 0.1) is 6.92 Å². The average Bonchev–Trinajstić information content (AvgIpc) is 2.91. The van der Waals surface area contributed by atoms with Gasteiger partial charge in [0.1, 0.15) is 0 Å². The van der Waals surface area contributed by atoms with Crippen LogP contribution in [0.15, 0.2) is 103 Å². The maximum absolute atomic E-state index is 13.3. The van der Waals surface area contributed by atoms with Gasteiger partial charge in [-0.1, -0.05) is 108 Å². The number of carbonyl (C=O) groups excluding carboxylic acids is 1. The maximum Gasteiger partial charge on any atom is 0.227 e. The number of hydrogen-bond acceptors (Lipinski definition) is 2. The molecule has 0 aromatic heterocycles. The highest BCUT2D eigenvalue weighted by Gasteiger charge is 2.31. The molecule has 1 amide bonds. The second-order valence-electron chi connectivity index (χ2n) is 9.59. The third-order valence-electron chi connectivity index (χ3n) is 6.96. The number of nitrogens with zero attached hydrogens (tertiary/aromatic N) is 2. The summed E-state index contributed by atoms with van der Waals surface area (Å²) in [4.78, 5) is 17.9. The van der Waals surface area contributed by atoms with E-state index in [1.54, 1.807) is 0 Å². The van der Waals surface area contributed by atoms with Gasteiger partial charge in [-0.15, -0.1) is 0 Å². The Hall–Kier alpha value is -3.40. The molecular formula is C32H31ClN2O. The Kier molecular flexibility index (Phi) is 7.50. The van der Waals surface area contributed by atoms with Crippen LogP contribution in [0.25, 0.3) is 11.1 Å². The van der Waals surface area contributed by atoms with Crippen molar-refractivity contribution in [3.8, 4) is 11.1 Å². The van der Waals surface area contributed by atoms with Crippen molar-refractivity contribution in [2.45, 2.75) is 25.9 Å². The molecule has 1 aliphatic heterocycles. The number of amides is 1. The lowest BCUT2D eigenvalue weighted by Crippen LogP contribution is -2.50. The van der Waals surface area contributed by atoms with Crippen LogP contribution in [0.3, 0.4) is 0 Å². The highest BCUT2D eigenvalue weighted by molar-refractivity contribution is 6.33. The summed E-state index contributed by atoms with van der Waals surface area (Å²) >= 11 is 6.45. The first-order valence-electron chi connectivity index (χ1n) is 12.5. The monoisotopic (exact) mass is 494 g/mol. The standard InChI is InChI=1S/C32H31ClN2O/c1-24-12-17-30(33)29(20-24)27-15-13-26(14-16-27)22-34-18-19-35(31(23-34)28-10-6-3-7-11-28)32(36)21-25-8-4-2-5-9-25/h2-17,20,31H,18-19,21-23H2,1H3. The van der Waals surface area contributed by atoms with Crippen LogP contribution in [0.5, 0.6) is 0 Å². The highest BCUT2D eigenvalue weighted by atomic mass is 35.5. The molecule has 0 saturated carbocycles. The predicted molar refractivity (Wildman–Crippen MR) is 148 cm³/mol. The van der Waals surface area contributed by atoms with Crippen molar-refractivity contribution in [1.29, 1.82) is 0 Å². The summed E-state index contributed by atoms with van der Waals surface area (Å²) < 4.78 is 0. The van der Waals surface area contributed by atoms with E-state index < -0.39 is 0 Å². The van der Waals surface area contributed by atoms with Crippen LogP contribution in [-0.2, 0) is 17.8 Å². The van der Waals surface area contributed by atoms with E-state index in [1.807, 2.05) is 48.5 Å². The maximum atomic E-state index is 13.3. The quantitative estimate of drug-likeness (QED) is 0.290. The molecule has 3 nitrogen and oxygen atoms in total. The molecule has 36 heavy (non-hydrogen) atoms. The van der Waals surface area contributed by atoms with E-state index in [-0.39, 0.29) is 11.9 Å². The van der Waals surface area contributed by atoms with Crippen LogP contribution in [0.2, 0.25) is 5.02 Å². The Morgan fingerprint density at radius 2 is 1.53 bits per heavy atom. The fraction of sp³-hybridized carbons (Fsp3) is 0.219. The van der Waals surface area contributed by atoms with E-state index in [1.165, 1.54) is 16.7 Å². The lowest BCUT2D eigenvalue weighted by molar-refractivity contribution is -0.135. The number of rotatable bonds is 6. The van der Waals surface area contributed by atoms with E-state index in [9.17, 15) is 4.79 Å².